The second kappa shape index (κ2) is 8.39. The minimum absolute atomic E-state index is 0.0834. The Morgan fingerprint density at radius 3 is 2.58 bits per heavy atom. The second-order valence-corrected chi connectivity index (χ2v) is 8.39. The van der Waals surface area contributed by atoms with E-state index >= 15 is 0 Å². The Kier molecular flexibility index (Phi) is 6.18. The molecule has 1 saturated heterocycles. The zero-order valence-electron chi connectivity index (χ0n) is 15.8. The van der Waals surface area contributed by atoms with E-state index in [0.717, 1.165) is 24.1 Å². The number of nitrogens with one attached hydrogen (secondary N) is 2. The summed E-state index contributed by atoms with van der Waals surface area (Å²) < 4.78 is 2.16. The first-order valence-corrected chi connectivity index (χ1v) is 10.4. The van der Waals surface area contributed by atoms with Crippen LogP contribution in [0.5, 0.6) is 0 Å². The van der Waals surface area contributed by atoms with Crippen molar-refractivity contribution < 1.29 is 14.5 Å². The number of hydrogen-bond donors (Lipinski definition) is 2. The summed E-state index contributed by atoms with van der Waals surface area (Å²) in [5.41, 5.74) is 0. The number of amides is 2. The van der Waals surface area contributed by atoms with E-state index in [2.05, 4.69) is 20.1 Å². The normalized spacial score (nSPS) is 18.4. The summed E-state index contributed by atoms with van der Waals surface area (Å²) in [5.74, 6) is 1.55. The van der Waals surface area contributed by atoms with Gasteiger partial charge in [0.15, 0.2) is 11.7 Å². The van der Waals surface area contributed by atoms with E-state index in [1.807, 2.05) is 25.7 Å². The molecular weight excluding hydrogens is 352 g/mol. The lowest BCUT2D eigenvalue weighted by molar-refractivity contribution is -0.896. The lowest BCUT2D eigenvalue weighted by atomic mass is 10.3. The highest BCUT2D eigenvalue weighted by Crippen LogP contribution is 2.38. The van der Waals surface area contributed by atoms with Gasteiger partial charge in [0.2, 0.25) is 5.91 Å². The van der Waals surface area contributed by atoms with Crippen LogP contribution in [-0.4, -0.2) is 76.0 Å². The highest BCUT2D eigenvalue weighted by molar-refractivity contribution is 7.99. The number of piperazine rings is 1. The largest absolute Gasteiger partial charge is 0.349 e. The number of nitrogens with zero attached hydrogens (tertiary/aromatic N) is 4. The van der Waals surface area contributed by atoms with Crippen LogP contribution in [0, 0.1) is 6.92 Å². The number of aromatic nitrogens is 3. The van der Waals surface area contributed by atoms with Crippen LogP contribution in [0.1, 0.15) is 38.6 Å². The maximum atomic E-state index is 12.5. The van der Waals surface area contributed by atoms with Crippen LogP contribution in [0.25, 0.3) is 0 Å². The number of carbonyl (C=O) groups excluding carboxylic acids is 2. The molecule has 1 aromatic heterocycles. The van der Waals surface area contributed by atoms with Gasteiger partial charge in [-0.05, 0) is 33.6 Å². The van der Waals surface area contributed by atoms with Crippen LogP contribution in [0.2, 0.25) is 0 Å². The van der Waals surface area contributed by atoms with Crippen LogP contribution in [0.15, 0.2) is 5.16 Å². The highest BCUT2D eigenvalue weighted by Gasteiger charge is 2.29. The molecule has 8 nitrogen and oxygen atoms in total. The quantitative estimate of drug-likeness (QED) is 0.608. The van der Waals surface area contributed by atoms with Crippen LogP contribution in [-0.2, 0) is 9.59 Å². The second-order valence-electron chi connectivity index (χ2n) is 7.45. The Bertz CT molecular complexity index is 650. The van der Waals surface area contributed by atoms with Crippen LogP contribution in [0.4, 0.5) is 0 Å². The molecule has 1 aliphatic carbocycles. The third-order valence-corrected chi connectivity index (χ3v) is 5.68. The Balaban J connectivity index is 1.42. The number of carbonyl (C=O) groups is 2. The molecule has 0 radical (unpaired) electrons. The summed E-state index contributed by atoms with van der Waals surface area (Å²) in [5, 5.41) is 12.2. The molecule has 3 rings (SSSR count). The molecule has 0 unspecified atom stereocenters. The number of rotatable bonds is 7. The maximum Gasteiger partial charge on any atom is 0.275 e. The fourth-order valence-corrected chi connectivity index (χ4v) is 4.22. The van der Waals surface area contributed by atoms with Crippen LogP contribution < -0.4 is 10.2 Å². The average Bonchev–Trinajstić information content (AvgIpc) is 3.35. The summed E-state index contributed by atoms with van der Waals surface area (Å²) >= 11 is 1.48. The summed E-state index contributed by atoms with van der Waals surface area (Å²) in [7, 11) is 0. The molecule has 2 aliphatic rings. The zero-order valence-corrected chi connectivity index (χ0v) is 16.6. The van der Waals surface area contributed by atoms with E-state index in [1.54, 1.807) is 0 Å². The monoisotopic (exact) mass is 381 g/mol. The minimum atomic E-state index is 0.0834. The number of quaternary nitrogens is 1. The minimum Gasteiger partial charge on any atom is -0.349 e. The van der Waals surface area contributed by atoms with Crippen molar-refractivity contribution in [2.45, 2.75) is 50.9 Å². The van der Waals surface area contributed by atoms with Gasteiger partial charge in [0.05, 0.1) is 31.9 Å². The molecule has 9 heteroatoms. The fraction of sp³-hybridized carbons (Fsp3) is 0.765. The van der Waals surface area contributed by atoms with E-state index in [-0.39, 0.29) is 17.9 Å². The van der Waals surface area contributed by atoms with Gasteiger partial charge in [-0.2, -0.15) is 0 Å². The van der Waals surface area contributed by atoms with Crippen molar-refractivity contribution in [2.75, 3.05) is 38.5 Å². The molecule has 1 saturated carbocycles. The molecule has 26 heavy (non-hydrogen) atoms. The summed E-state index contributed by atoms with van der Waals surface area (Å²) in [6.07, 6.45) is 2.35. The topological polar surface area (TPSA) is 84.6 Å². The molecule has 2 amide bonds. The highest BCUT2D eigenvalue weighted by atomic mass is 32.2. The average molecular weight is 382 g/mol. The molecule has 1 aliphatic heterocycles. The summed E-state index contributed by atoms with van der Waals surface area (Å²) in [6.45, 7) is 9.43. The number of thioether (sulfide) groups is 1. The van der Waals surface area contributed by atoms with Crippen LogP contribution >= 0.6 is 11.8 Å². The lowest BCUT2D eigenvalue weighted by Crippen LogP contribution is -3.16. The zero-order chi connectivity index (χ0) is 18.7. The first-order valence-electron chi connectivity index (χ1n) is 9.39. The lowest BCUT2D eigenvalue weighted by Gasteiger charge is -2.32. The summed E-state index contributed by atoms with van der Waals surface area (Å²) in [6, 6.07) is 0.690. The third kappa shape index (κ3) is 4.97. The fourth-order valence-electron chi connectivity index (χ4n) is 3.27. The van der Waals surface area contributed by atoms with Crippen molar-refractivity contribution in [3.05, 3.63) is 5.82 Å². The van der Waals surface area contributed by atoms with Gasteiger partial charge in [-0.3, -0.25) is 9.59 Å². The van der Waals surface area contributed by atoms with Gasteiger partial charge >= 0.3 is 0 Å². The van der Waals surface area contributed by atoms with Crippen LogP contribution in [0.3, 0.4) is 0 Å². The van der Waals surface area contributed by atoms with Gasteiger partial charge < -0.3 is 19.7 Å². The molecular formula is C17H29N6O2S+. The number of hydrogen-bond acceptors (Lipinski definition) is 5. The van der Waals surface area contributed by atoms with Gasteiger partial charge in [0.1, 0.15) is 5.82 Å². The van der Waals surface area contributed by atoms with Crippen molar-refractivity contribution in [3.63, 3.8) is 0 Å². The van der Waals surface area contributed by atoms with Gasteiger partial charge in [0, 0.05) is 12.1 Å². The molecule has 0 bridgehead atoms. The van der Waals surface area contributed by atoms with Crippen molar-refractivity contribution >= 4 is 23.6 Å². The SMILES string of the molecule is Cc1nnc(SCC(=O)N2CC[NH+](CC(=O)NC(C)C)CC2)n1C1CC1. The molecule has 144 valence electrons. The number of aryl methyl sites for hydroxylation is 1. The standard InChI is InChI=1S/C17H28N6O2S/c1-12(2)18-15(24)10-21-6-8-22(9-7-21)16(25)11-26-17-20-19-13(3)23(17)14-4-5-14/h12,14H,4-11H2,1-3H3,(H,18,24)/p+1. The van der Waals surface area contributed by atoms with Gasteiger partial charge in [0.25, 0.3) is 5.91 Å². The Morgan fingerprint density at radius 2 is 1.96 bits per heavy atom. The molecule has 0 atom stereocenters. The van der Waals surface area contributed by atoms with Crippen molar-refractivity contribution in [2.24, 2.45) is 0 Å². The van der Waals surface area contributed by atoms with E-state index in [1.165, 1.54) is 29.5 Å². The molecule has 0 aromatic carbocycles. The molecule has 2 fully saturated rings. The van der Waals surface area contributed by atoms with E-state index in [4.69, 9.17) is 0 Å². The molecule has 2 heterocycles. The molecule has 2 N–H and O–H groups in total. The van der Waals surface area contributed by atoms with E-state index in [0.29, 0.717) is 31.4 Å². The molecule has 1 aromatic rings. The summed E-state index contributed by atoms with van der Waals surface area (Å²) in [4.78, 5) is 27.5. The first kappa shape index (κ1) is 19.2. The van der Waals surface area contributed by atoms with Gasteiger partial charge in [-0.1, -0.05) is 11.8 Å². The predicted octanol–water partition coefficient (Wildman–Crippen LogP) is -0.735. The Morgan fingerprint density at radius 1 is 1.27 bits per heavy atom. The van der Waals surface area contributed by atoms with Gasteiger partial charge in [-0.15, -0.1) is 10.2 Å². The van der Waals surface area contributed by atoms with Gasteiger partial charge in [-0.25, -0.2) is 0 Å². The molecule has 0 spiro atoms. The van der Waals surface area contributed by atoms with E-state index < -0.39 is 0 Å². The Labute approximate surface area is 158 Å². The first-order chi connectivity index (χ1) is 12.4. The van der Waals surface area contributed by atoms with E-state index in [9.17, 15) is 9.59 Å². The van der Waals surface area contributed by atoms with Crippen molar-refractivity contribution in [1.82, 2.24) is 25.0 Å². The maximum absolute atomic E-state index is 12.5. The predicted molar refractivity (Wildman–Crippen MR) is 99.2 cm³/mol. The van der Waals surface area contributed by atoms with Crippen molar-refractivity contribution in [3.8, 4) is 0 Å². The smallest absolute Gasteiger partial charge is 0.275 e. The third-order valence-electron chi connectivity index (χ3n) is 4.76. The Hall–Kier alpha value is -1.61. The van der Waals surface area contributed by atoms with Crippen molar-refractivity contribution in [1.29, 1.82) is 0 Å².